The summed E-state index contributed by atoms with van der Waals surface area (Å²) in [5, 5.41) is 0. The van der Waals surface area contributed by atoms with E-state index in [2.05, 4.69) is 13.8 Å². The quantitative estimate of drug-likeness (QED) is 0.640. The molecule has 4 bridgehead atoms. The van der Waals surface area contributed by atoms with Gasteiger partial charge in [-0.15, -0.1) is 0 Å². The minimum Gasteiger partial charge on any atom is -0.456 e. The van der Waals surface area contributed by atoms with E-state index in [0.717, 1.165) is 24.7 Å². The van der Waals surface area contributed by atoms with Gasteiger partial charge in [-0.25, -0.2) is 4.79 Å². The van der Waals surface area contributed by atoms with E-state index in [-0.39, 0.29) is 30.1 Å². The lowest BCUT2D eigenvalue weighted by Gasteiger charge is -2.60. The molecule has 0 heterocycles. The molecule has 142 valence electrons. The minimum absolute atomic E-state index is 0.168. The fourth-order valence-corrected chi connectivity index (χ4v) is 5.84. The van der Waals surface area contributed by atoms with Crippen molar-refractivity contribution in [3.63, 3.8) is 0 Å². The van der Waals surface area contributed by atoms with Gasteiger partial charge in [-0.2, -0.15) is 0 Å². The van der Waals surface area contributed by atoms with Gasteiger partial charge in [-0.05, 0) is 74.5 Å². The first-order valence-electron chi connectivity index (χ1n) is 10.2. The van der Waals surface area contributed by atoms with E-state index < -0.39 is 0 Å². The highest BCUT2D eigenvalue weighted by molar-refractivity contribution is 5.77. The summed E-state index contributed by atoms with van der Waals surface area (Å²) < 4.78 is 11.4. The van der Waals surface area contributed by atoms with E-state index >= 15 is 0 Å². The molecule has 4 nitrogen and oxygen atoms in total. The zero-order valence-electron chi connectivity index (χ0n) is 16.3. The molecule has 0 amide bonds. The van der Waals surface area contributed by atoms with Gasteiger partial charge in [0.05, 0.1) is 5.92 Å². The maximum Gasteiger partial charge on any atom is 0.344 e. The van der Waals surface area contributed by atoms with Crippen LogP contribution in [0.25, 0.3) is 0 Å². The number of esters is 2. The molecule has 25 heavy (non-hydrogen) atoms. The van der Waals surface area contributed by atoms with Crippen LogP contribution in [0.15, 0.2) is 0 Å². The molecule has 0 aliphatic heterocycles. The van der Waals surface area contributed by atoms with E-state index in [0.29, 0.717) is 17.8 Å². The van der Waals surface area contributed by atoms with Crippen LogP contribution in [0.3, 0.4) is 0 Å². The number of hydrogen-bond donors (Lipinski definition) is 0. The molecule has 4 aliphatic carbocycles. The van der Waals surface area contributed by atoms with Gasteiger partial charge in [0.15, 0.2) is 6.61 Å². The Bertz CT molecular complexity index is 482. The van der Waals surface area contributed by atoms with Crippen LogP contribution in [0.2, 0.25) is 0 Å². The Morgan fingerprint density at radius 1 is 1.00 bits per heavy atom. The topological polar surface area (TPSA) is 52.6 Å². The smallest absolute Gasteiger partial charge is 0.344 e. The average molecular weight is 350 g/mol. The van der Waals surface area contributed by atoms with Crippen LogP contribution in [0.5, 0.6) is 0 Å². The number of hydrogen-bond acceptors (Lipinski definition) is 4. The molecular weight excluding hydrogens is 316 g/mol. The highest BCUT2D eigenvalue weighted by Gasteiger charge is 2.59. The van der Waals surface area contributed by atoms with Crippen molar-refractivity contribution in [1.29, 1.82) is 0 Å². The summed E-state index contributed by atoms with van der Waals surface area (Å²) in [5.74, 6) is 2.34. The van der Waals surface area contributed by atoms with Gasteiger partial charge in [-0.3, -0.25) is 4.79 Å². The summed E-state index contributed by atoms with van der Waals surface area (Å²) in [4.78, 5) is 24.4. The Balaban J connectivity index is 1.67. The third-order valence-electron chi connectivity index (χ3n) is 6.90. The Labute approximate surface area is 152 Å². The van der Waals surface area contributed by atoms with Crippen LogP contribution in [0.4, 0.5) is 0 Å². The second kappa shape index (κ2) is 7.28. The number of rotatable bonds is 7. The largest absolute Gasteiger partial charge is 0.456 e. The zero-order valence-corrected chi connectivity index (χ0v) is 16.3. The standard InChI is InChI=1S/C21H34O4/c1-5-14(4)20(23)24-12-19(22)25-21(11-13(2)3)17-7-15-6-16(9-17)10-18(21)8-15/h13-18H,5-12H2,1-4H3. The van der Waals surface area contributed by atoms with Crippen molar-refractivity contribution in [2.24, 2.45) is 35.5 Å². The minimum atomic E-state index is -0.357. The summed E-state index contributed by atoms with van der Waals surface area (Å²) in [5.41, 5.74) is -0.318. The molecule has 4 saturated carbocycles. The molecule has 4 aliphatic rings. The van der Waals surface area contributed by atoms with Gasteiger partial charge in [0.2, 0.25) is 0 Å². The van der Waals surface area contributed by atoms with Crippen molar-refractivity contribution in [2.75, 3.05) is 6.61 Å². The van der Waals surface area contributed by atoms with Gasteiger partial charge in [0.1, 0.15) is 5.60 Å². The van der Waals surface area contributed by atoms with Crippen molar-refractivity contribution >= 4 is 11.9 Å². The normalized spacial score (nSPS) is 37.2. The van der Waals surface area contributed by atoms with Crippen molar-refractivity contribution in [3.05, 3.63) is 0 Å². The van der Waals surface area contributed by atoms with Gasteiger partial charge in [0.25, 0.3) is 0 Å². The van der Waals surface area contributed by atoms with Gasteiger partial charge >= 0.3 is 11.9 Å². The Morgan fingerprint density at radius 3 is 2.04 bits per heavy atom. The Morgan fingerprint density at radius 2 is 1.56 bits per heavy atom. The molecule has 0 N–H and O–H groups in total. The highest BCUT2D eigenvalue weighted by atomic mass is 16.6. The highest BCUT2D eigenvalue weighted by Crippen LogP contribution is 2.61. The lowest BCUT2D eigenvalue weighted by Crippen LogP contribution is -2.60. The predicted molar refractivity (Wildman–Crippen MR) is 95.7 cm³/mol. The molecular formula is C21H34O4. The maximum atomic E-state index is 12.5. The van der Waals surface area contributed by atoms with Gasteiger partial charge in [0, 0.05) is 0 Å². The van der Waals surface area contributed by atoms with Crippen molar-refractivity contribution in [1.82, 2.24) is 0 Å². The summed E-state index contributed by atoms with van der Waals surface area (Å²) in [6.07, 6.45) is 7.87. The average Bonchev–Trinajstić information content (AvgIpc) is 2.55. The lowest BCUT2D eigenvalue weighted by molar-refractivity contribution is -0.218. The van der Waals surface area contributed by atoms with Gasteiger partial charge < -0.3 is 9.47 Å². The molecule has 0 radical (unpaired) electrons. The van der Waals surface area contributed by atoms with E-state index in [4.69, 9.17) is 9.47 Å². The number of ether oxygens (including phenoxy) is 2. The number of carbonyl (C=O) groups excluding carboxylic acids is 2. The SMILES string of the molecule is CCC(C)C(=O)OCC(=O)OC1(CC(C)C)C2CC3CC(C2)CC1C3. The van der Waals surface area contributed by atoms with Crippen LogP contribution in [0, 0.1) is 35.5 Å². The second-order valence-corrected chi connectivity index (χ2v) is 9.25. The monoisotopic (exact) mass is 350 g/mol. The molecule has 0 aromatic heterocycles. The summed E-state index contributed by atoms with van der Waals surface area (Å²) >= 11 is 0. The maximum absolute atomic E-state index is 12.5. The molecule has 0 aromatic carbocycles. The van der Waals surface area contributed by atoms with E-state index in [1.54, 1.807) is 0 Å². The third kappa shape index (κ3) is 3.73. The first-order valence-corrected chi connectivity index (χ1v) is 10.2. The Kier molecular flexibility index (Phi) is 5.45. The fourth-order valence-electron chi connectivity index (χ4n) is 5.84. The van der Waals surface area contributed by atoms with Crippen LogP contribution >= 0.6 is 0 Å². The van der Waals surface area contributed by atoms with Crippen LogP contribution in [0.1, 0.15) is 72.6 Å². The summed E-state index contributed by atoms with van der Waals surface area (Å²) in [7, 11) is 0. The zero-order chi connectivity index (χ0) is 18.2. The first-order chi connectivity index (χ1) is 11.8. The van der Waals surface area contributed by atoms with E-state index in [1.165, 1.54) is 32.1 Å². The lowest BCUT2D eigenvalue weighted by atomic mass is 9.48. The van der Waals surface area contributed by atoms with Crippen LogP contribution < -0.4 is 0 Å². The fraction of sp³-hybridized carbons (Fsp3) is 0.905. The first kappa shape index (κ1) is 18.7. The molecule has 4 rings (SSSR count). The van der Waals surface area contributed by atoms with Crippen molar-refractivity contribution < 1.29 is 19.1 Å². The molecule has 4 heteroatoms. The summed E-state index contributed by atoms with van der Waals surface area (Å²) in [6.45, 7) is 7.95. The van der Waals surface area contributed by atoms with Crippen molar-refractivity contribution in [3.8, 4) is 0 Å². The Hall–Kier alpha value is -1.06. The molecule has 4 fully saturated rings. The second-order valence-electron chi connectivity index (χ2n) is 9.25. The summed E-state index contributed by atoms with van der Waals surface area (Å²) in [6, 6.07) is 0. The van der Waals surface area contributed by atoms with Crippen LogP contribution in [-0.4, -0.2) is 24.1 Å². The molecule has 1 atom stereocenters. The predicted octanol–water partition coefficient (Wildman–Crippen LogP) is 4.36. The molecule has 0 aromatic rings. The van der Waals surface area contributed by atoms with Gasteiger partial charge in [-0.1, -0.05) is 27.7 Å². The van der Waals surface area contributed by atoms with Crippen molar-refractivity contribution in [2.45, 2.75) is 78.2 Å². The molecule has 0 saturated heterocycles. The molecule has 1 unspecified atom stereocenters. The number of carbonyl (C=O) groups is 2. The van der Waals surface area contributed by atoms with E-state index in [1.807, 2.05) is 13.8 Å². The third-order valence-corrected chi connectivity index (χ3v) is 6.90. The van der Waals surface area contributed by atoms with Crippen LogP contribution in [-0.2, 0) is 19.1 Å². The van der Waals surface area contributed by atoms with E-state index in [9.17, 15) is 9.59 Å². The molecule has 0 spiro atoms.